The topological polar surface area (TPSA) is 82.5 Å². The van der Waals surface area contributed by atoms with E-state index in [0.29, 0.717) is 33.8 Å². The smallest absolute Gasteiger partial charge is 0.337 e. The predicted octanol–water partition coefficient (Wildman–Crippen LogP) is 7.88. The molecule has 7 nitrogen and oxygen atoms in total. The van der Waals surface area contributed by atoms with Crippen molar-refractivity contribution in [2.75, 3.05) is 0 Å². The summed E-state index contributed by atoms with van der Waals surface area (Å²) in [5.41, 5.74) is 8.81. The number of aromatic nitrogens is 2. The molecule has 0 bridgehead atoms. The van der Waals surface area contributed by atoms with Crippen molar-refractivity contribution in [3.05, 3.63) is 166 Å². The molecule has 236 valence electrons. The molecule has 47 heavy (non-hydrogen) atoms. The summed E-state index contributed by atoms with van der Waals surface area (Å²) in [5, 5.41) is 8.39. The van der Waals surface area contributed by atoms with Gasteiger partial charge in [-0.05, 0) is 62.6 Å². The van der Waals surface area contributed by atoms with Crippen LogP contribution in [0.25, 0.3) is 16.9 Å². The number of nitrogens with one attached hydrogen (secondary N) is 1. The average Bonchev–Trinajstić information content (AvgIpc) is 3.53. The minimum Gasteiger partial charge on any atom is -0.457 e. The number of hydrogen-bond donors (Lipinski definition) is 1. The van der Waals surface area contributed by atoms with Gasteiger partial charge in [-0.2, -0.15) is 5.10 Å². The zero-order chi connectivity index (χ0) is 32.9. The molecule has 0 aliphatic carbocycles. The van der Waals surface area contributed by atoms with Crippen LogP contribution in [-0.2, 0) is 32.3 Å². The van der Waals surface area contributed by atoms with Crippen molar-refractivity contribution < 1.29 is 19.1 Å². The van der Waals surface area contributed by atoms with Crippen molar-refractivity contribution in [2.45, 2.75) is 46.8 Å². The van der Waals surface area contributed by atoms with Gasteiger partial charge in [0, 0.05) is 28.7 Å². The first kappa shape index (κ1) is 31.3. The number of rotatable bonds is 9. The number of ether oxygens (including phenoxy) is 2. The summed E-state index contributed by atoms with van der Waals surface area (Å²) in [6.45, 7) is 7.92. The van der Waals surface area contributed by atoms with Crippen LogP contribution < -0.4 is 5.32 Å². The fourth-order valence-corrected chi connectivity index (χ4v) is 5.96. The summed E-state index contributed by atoms with van der Waals surface area (Å²) in [7, 11) is 0. The minimum absolute atomic E-state index is 0.0901. The number of aryl methyl sites for hydroxylation is 2. The fourth-order valence-electron chi connectivity index (χ4n) is 5.96. The first-order chi connectivity index (χ1) is 22.8. The Morgan fingerprint density at radius 3 is 1.74 bits per heavy atom. The second-order valence-electron chi connectivity index (χ2n) is 11.8. The molecule has 6 rings (SSSR count). The molecular formula is C40H37N3O4. The molecule has 1 aliphatic heterocycles. The maximum absolute atomic E-state index is 14.1. The van der Waals surface area contributed by atoms with Gasteiger partial charge >= 0.3 is 11.9 Å². The second kappa shape index (κ2) is 13.7. The first-order valence-corrected chi connectivity index (χ1v) is 15.6. The summed E-state index contributed by atoms with van der Waals surface area (Å²) < 4.78 is 13.7. The van der Waals surface area contributed by atoms with Crippen molar-refractivity contribution in [2.24, 2.45) is 0 Å². The van der Waals surface area contributed by atoms with E-state index in [4.69, 9.17) is 14.6 Å². The van der Waals surface area contributed by atoms with Crippen LogP contribution in [0.15, 0.2) is 138 Å². The zero-order valence-electron chi connectivity index (χ0n) is 27.0. The van der Waals surface area contributed by atoms with Gasteiger partial charge in [0.1, 0.15) is 13.2 Å². The van der Waals surface area contributed by atoms with E-state index in [9.17, 15) is 9.59 Å². The summed E-state index contributed by atoms with van der Waals surface area (Å²) >= 11 is 0. The van der Waals surface area contributed by atoms with Crippen molar-refractivity contribution in [3.8, 4) is 16.9 Å². The first-order valence-electron chi connectivity index (χ1n) is 15.6. The molecule has 5 aromatic rings. The van der Waals surface area contributed by atoms with Crippen LogP contribution in [0.4, 0.5) is 0 Å². The quantitative estimate of drug-likeness (QED) is 0.168. The van der Waals surface area contributed by atoms with E-state index in [2.05, 4.69) is 23.5 Å². The lowest BCUT2D eigenvalue weighted by Gasteiger charge is -2.30. The highest BCUT2D eigenvalue weighted by atomic mass is 16.5. The molecule has 1 aliphatic rings. The van der Waals surface area contributed by atoms with Gasteiger partial charge in [0.25, 0.3) is 0 Å². The molecule has 0 atom stereocenters. The van der Waals surface area contributed by atoms with Crippen LogP contribution in [0.5, 0.6) is 0 Å². The average molecular weight is 624 g/mol. The zero-order valence-corrected chi connectivity index (χ0v) is 27.0. The highest BCUT2D eigenvalue weighted by molar-refractivity contribution is 6.00. The van der Waals surface area contributed by atoms with Crippen LogP contribution in [0.2, 0.25) is 0 Å². The van der Waals surface area contributed by atoms with Gasteiger partial charge in [-0.15, -0.1) is 0 Å². The maximum Gasteiger partial charge on any atom is 0.337 e. The Bertz CT molecular complexity index is 1900. The van der Waals surface area contributed by atoms with E-state index in [1.807, 2.05) is 125 Å². The van der Waals surface area contributed by atoms with Crippen molar-refractivity contribution in [1.82, 2.24) is 15.1 Å². The Kier molecular flexibility index (Phi) is 9.16. The summed E-state index contributed by atoms with van der Waals surface area (Å²) in [6, 6.07) is 35.1. The van der Waals surface area contributed by atoms with Gasteiger partial charge in [-0.25, -0.2) is 14.3 Å². The van der Waals surface area contributed by atoms with E-state index in [1.54, 1.807) is 4.68 Å². The van der Waals surface area contributed by atoms with E-state index >= 15 is 0 Å². The molecule has 0 amide bonds. The number of carbonyl (C=O) groups excluding carboxylic acids is 2. The number of nitrogens with zero attached hydrogens (tertiary/aromatic N) is 2. The molecule has 0 saturated heterocycles. The van der Waals surface area contributed by atoms with E-state index in [0.717, 1.165) is 33.5 Å². The summed E-state index contributed by atoms with van der Waals surface area (Å²) in [6.07, 6.45) is 1.91. The Hall–Kier alpha value is -5.69. The Morgan fingerprint density at radius 1 is 0.702 bits per heavy atom. The van der Waals surface area contributed by atoms with Gasteiger partial charge in [-0.1, -0.05) is 96.6 Å². The predicted molar refractivity (Wildman–Crippen MR) is 182 cm³/mol. The molecule has 4 aromatic carbocycles. The molecule has 0 radical (unpaired) electrons. The number of benzene rings is 4. The Morgan fingerprint density at radius 2 is 1.21 bits per heavy atom. The Balaban J connectivity index is 1.51. The molecule has 1 aromatic heterocycles. The number of allylic oxidation sites excluding steroid dienone is 2. The van der Waals surface area contributed by atoms with E-state index in [1.165, 1.54) is 0 Å². The molecule has 1 N–H and O–H groups in total. The van der Waals surface area contributed by atoms with E-state index < -0.39 is 17.9 Å². The lowest BCUT2D eigenvalue weighted by Crippen LogP contribution is -2.32. The molecule has 2 heterocycles. The number of carbonyl (C=O) groups is 2. The minimum atomic E-state index is -0.824. The van der Waals surface area contributed by atoms with Gasteiger partial charge < -0.3 is 14.8 Å². The summed E-state index contributed by atoms with van der Waals surface area (Å²) in [5.74, 6) is -1.87. The van der Waals surface area contributed by atoms with Gasteiger partial charge in [-0.3, -0.25) is 0 Å². The highest BCUT2D eigenvalue weighted by Gasteiger charge is 2.40. The van der Waals surface area contributed by atoms with E-state index in [-0.39, 0.29) is 13.2 Å². The third-order valence-electron chi connectivity index (χ3n) is 8.35. The standard InChI is InChI=1S/C40H37N3O4/c1-26-20-21-27(2)33(22-26)38-34(23-43(42-38)32-18-12-7-13-19-32)37-35(39(44)46-24-30-14-8-5-9-15-30)28(3)41-29(4)36(37)40(45)47-25-31-16-10-6-11-17-31/h5-23,37,41H,24-25H2,1-4H3. The number of para-hydroxylation sites is 1. The van der Waals surface area contributed by atoms with Crippen LogP contribution in [-0.4, -0.2) is 21.7 Å². The molecule has 7 heteroatoms. The number of dihydropyridines is 1. The Labute approximate surface area is 275 Å². The SMILES string of the molecule is CC1=C(C(=O)OCc2ccccc2)C(c2cn(-c3ccccc3)nc2-c2cc(C)ccc2C)C(C(=O)OCc2ccccc2)=C(C)N1. The van der Waals surface area contributed by atoms with Crippen LogP contribution in [0, 0.1) is 13.8 Å². The van der Waals surface area contributed by atoms with Crippen LogP contribution >= 0.6 is 0 Å². The van der Waals surface area contributed by atoms with Crippen molar-refractivity contribution in [1.29, 1.82) is 0 Å². The lowest BCUT2D eigenvalue weighted by atomic mass is 9.79. The highest BCUT2D eigenvalue weighted by Crippen LogP contribution is 2.44. The van der Waals surface area contributed by atoms with Crippen LogP contribution in [0.1, 0.15) is 47.6 Å². The van der Waals surface area contributed by atoms with Gasteiger partial charge in [0.15, 0.2) is 0 Å². The molecular weight excluding hydrogens is 586 g/mol. The summed E-state index contributed by atoms with van der Waals surface area (Å²) in [4.78, 5) is 28.3. The normalized spacial score (nSPS) is 13.4. The second-order valence-corrected chi connectivity index (χ2v) is 11.8. The molecule has 0 spiro atoms. The molecule has 0 unspecified atom stereocenters. The van der Waals surface area contributed by atoms with Gasteiger partial charge in [0.05, 0.1) is 28.4 Å². The monoisotopic (exact) mass is 623 g/mol. The van der Waals surface area contributed by atoms with Crippen molar-refractivity contribution >= 4 is 11.9 Å². The number of hydrogen-bond acceptors (Lipinski definition) is 6. The third kappa shape index (κ3) is 6.79. The maximum atomic E-state index is 14.1. The fraction of sp³-hybridized carbons (Fsp3) is 0.175. The lowest BCUT2D eigenvalue weighted by molar-refractivity contribution is -0.141. The number of esters is 2. The largest absolute Gasteiger partial charge is 0.457 e. The van der Waals surface area contributed by atoms with Crippen molar-refractivity contribution in [3.63, 3.8) is 0 Å². The van der Waals surface area contributed by atoms with Gasteiger partial charge in [0.2, 0.25) is 0 Å². The molecule has 0 saturated carbocycles. The molecule has 0 fully saturated rings. The van der Waals surface area contributed by atoms with Crippen LogP contribution in [0.3, 0.4) is 0 Å². The third-order valence-corrected chi connectivity index (χ3v) is 8.35.